The van der Waals surface area contributed by atoms with Crippen LogP contribution in [0.15, 0.2) is 30.3 Å². The van der Waals surface area contributed by atoms with Crippen LogP contribution in [-0.2, 0) is 14.3 Å². The lowest BCUT2D eigenvalue weighted by Crippen LogP contribution is -2.31. The Morgan fingerprint density at radius 1 is 1.26 bits per heavy atom. The fourth-order valence-electron chi connectivity index (χ4n) is 1.91. The van der Waals surface area contributed by atoms with E-state index in [1.165, 1.54) is 7.11 Å². The molecule has 0 aromatic heterocycles. The monoisotopic (exact) mass is 285 g/mol. The van der Waals surface area contributed by atoms with Gasteiger partial charge in [-0.05, 0) is 12.1 Å². The maximum atomic E-state index is 11.8. The highest BCUT2D eigenvalue weighted by molar-refractivity contribution is 5.89. The summed E-state index contributed by atoms with van der Waals surface area (Å²) in [7, 11) is 1.34. The molecule has 2 atom stereocenters. The van der Waals surface area contributed by atoms with E-state index < -0.39 is 0 Å². The minimum absolute atomic E-state index is 0. The van der Waals surface area contributed by atoms with Gasteiger partial charge in [-0.3, -0.25) is 4.79 Å². The van der Waals surface area contributed by atoms with Crippen LogP contribution in [0.4, 0.5) is 0 Å². The number of hydrogen-bond donors (Lipinski definition) is 1. The van der Waals surface area contributed by atoms with Crippen molar-refractivity contribution in [3.63, 3.8) is 0 Å². The molecular weight excluding hydrogens is 270 g/mol. The normalized spacial score (nSPS) is 21.3. The second kappa shape index (κ2) is 7.11. The van der Waals surface area contributed by atoms with Crippen molar-refractivity contribution >= 4 is 24.3 Å². The van der Waals surface area contributed by atoms with E-state index in [0.717, 1.165) is 0 Å². The van der Waals surface area contributed by atoms with Crippen molar-refractivity contribution in [1.29, 1.82) is 0 Å². The molecule has 0 amide bonds. The molecular formula is C13H16ClNO4. The van der Waals surface area contributed by atoms with Crippen LogP contribution in [0.5, 0.6) is 0 Å². The molecule has 2 rings (SSSR count). The minimum Gasteiger partial charge on any atom is -0.468 e. The first-order valence-corrected chi connectivity index (χ1v) is 5.78. The number of ether oxygens (including phenoxy) is 2. The van der Waals surface area contributed by atoms with Crippen LogP contribution in [0.3, 0.4) is 0 Å². The molecule has 0 aliphatic carbocycles. The fourth-order valence-corrected chi connectivity index (χ4v) is 1.91. The standard InChI is InChI=1S/C13H15NO4.ClH/c1-17-13(16)11-7-10(8-14-11)18-12(15)9-5-3-2-4-6-9;/h2-6,10-11,14H,7-8H2,1H3;1H/t10-,11+;/m1./s1. The maximum absolute atomic E-state index is 11.8. The average molecular weight is 286 g/mol. The van der Waals surface area contributed by atoms with Gasteiger partial charge in [0.25, 0.3) is 0 Å². The average Bonchev–Trinajstić information content (AvgIpc) is 2.87. The largest absolute Gasteiger partial charge is 0.468 e. The lowest BCUT2D eigenvalue weighted by molar-refractivity contribution is -0.142. The topological polar surface area (TPSA) is 64.6 Å². The van der Waals surface area contributed by atoms with E-state index >= 15 is 0 Å². The Morgan fingerprint density at radius 2 is 1.95 bits per heavy atom. The van der Waals surface area contributed by atoms with Crippen LogP contribution in [-0.4, -0.2) is 37.7 Å². The summed E-state index contributed by atoms with van der Waals surface area (Å²) in [6, 6.07) is 8.40. The summed E-state index contributed by atoms with van der Waals surface area (Å²) >= 11 is 0. The number of rotatable bonds is 3. The SMILES string of the molecule is COC(=O)[C@@H]1C[C@@H](OC(=O)c2ccccc2)CN1.Cl. The van der Waals surface area contributed by atoms with E-state index in [2.05, 4.69) is 10.1 Å². The zero-order chi connectivity index (χ0) is 13.0. The Hall–Kier alpha value is -1.59. The first-order chi connectivity index (χ1) is 8.70. The number of halogens is 1. The van der Waals surface area contributed by atoms with Crippen molar-refractivity contribution in [3.05, 3.63) is 35.9 Å². The van der Waals surface area contributed by atoms with Gasteiger partial charge in [-0.15, -0.1) is 12.4 Å². The van der Waals surface area contributed by atoms with Gasteiger partial charge in [0, 0.05) is 13.0 Å². The summed E-state index contributed by atoms with van der Waals surface area (Å²) in [6.45, 7) is 0.471. The molecule has 0 radical (unpaired) electrons. The second-order valence-corrected chi connectivity index (χ2v) is 4.11. The molecule has 104 valence electrons. The van der Waals surface area contributed by atoms with Crippen molar-refractivity contribution in [3.8, 4) is 0 Å². The molecule has 1 fully saturated rings. The zero-order valence-corrected chi connectivity index (χ0v) is 11.3. The molecule has 0 saturated carbocycles. The summed E-state index contributed by atoms with van der Waals surface area (Å²) < 4.78 is 9.94. The molecule has 1 N–H and O–H groups in total. The van der Waals surface area contributed by atoms with Crippen LogP contribution in [0.1, 0.15) is 16.8 Å². The van der Waals surface area contributed by atoms with Gasteiger partial charge in [0.05, 0.1) is 12.7 Å². The molecule has 5 nitrogen and oxygen atoms in total. The van der Waals surface area contributed by atoms with E-state index in [-0.39, 0.29) is 36.5 Å². The maximum Gasteiger partial charge on any atom is 0.338 e. The Bertz CT molecular complexity index is 438. The van der Waals surface area contributed by atoms with Crippen molar-refractivity contribution in [2.75, 3.05) is 13.7 Å². The molecule has 0 bridgehead atoms. The molecule has 19 heavy (non-hydrogen) atoms. The number of hydrogen-bond acceptors (Lipinski definition) is 5. The van der Waals surface area contributed by atoms with Crippen LogP contribution in [0.2, 0.25) is 0 Å². The van der Waals surface area contributed by atoms with E-state index in [9.17, 15) is 9.59 Å². The number of carbonyl (C=O) groups excluding carboxylic acids is 2. The van der Waals surface area contributed by atoms with Gasteiger partial charge in [-0.1, -0.05) is 18.2 Å². The molecule has 1 aromatic carbocycles. The summed E-state index contributed by atoms with van der Waals surface area (Å²) in [5.41, 5.74) is 0.513. The van der Waals surface area contributed by atoms with Gasteiger partial charge in [0.15, 0.2) is 0 Å². The third kappa shape index (κ3) is 3.94. The number of carbonyl (C=O) groups is 2. The van der Waals surface area contributed by atoms with Gasteiger partial charge in [-0.2, -0.15) is 0 Å². The van der Waals surface area contributed by atoms with Crippen LogP contribution in [0, 0.1) is 0 Å². The highest BCUT2D eigenvalue weighted by Crippen LogP contribution is 2.14. The zero-order valence-electron chi connectivity index (χ0n) is 10.5. The predicted octanol–water partition coefficient (Wildman–Crippen LogP) is 1.17. The van der Waals surface area contributed by atoms with E-state index in [1.54, 1.807) is 24.3 Å². The molecule has 1 saturated heterocycles. The summed E-state index contributed by atoms with van der Waals surface area (Å²) in [6.07, 6.45) is 0.160. The first kappa shape index (κ1) is 15.5. The lowest BCUT2D eigenvalue weighted by atomic mass is 10.2. The summed E-state index contributed by atoms with van der Waals surface area (Å²) in [5, 5.41) is 2.96. The highest BCUT2D eigenvalue weighted by atomic mass is 35.5. The number of methoxy groups -OCH3 is 1. The molecule has 0 unspecified atom stereocenters. The molecule has 1 aromatic rings. The van der Waals surface area contributed by atoms with Gasteiger partial charge in [0.1, 0.15) is 12.1 Å². The summed E-state index contributed by atoms with van der Waals surface area (Å²) in [4.78, 5) is 23.1. The molecule has 1 heterocycles. The van der Waals surface area contributed by atoms with Crippen molar-refractivity contribution in [1.82, 2.24) is 5.32 Å². The molecule has 1 aliphatic rings. The predicted molar refractivity (Wildman–Crippen MR) is 71.3 cm³/mol. The van der Waals surface area contributed by atoms with Crippen LogP contribution < -0.4 is 5.32 Å². The third-order valence-electron chi connectivity index (χ3n) is 2.86. The lowest BCUT2D eigenvalue weighted by Gasteiger charge is -2.11. The molecule has 0 spiro atoms. The van der Waals surface area contributed by atoms with Gasteiger partial charge < -0.3 is 14.8 Å². The third-order valence-corrected chi connectivity index (χ3v) is 2.86. The van der Waals surface area contributed by atoms with Gasteiger partial charge in [-0.25, -0.2) is 4.79 Å². The smallest absolute Gasteiger partial charge is 0.338 e. The van der Waals surface area contributed by atoms with E-state index in [0.29, 0.717) is 18.5 Å². The highest BCUT2D eigenvalue weighted by Gasteiger charge is 2.32. The molecule has 6 heteroatoms. The van der Waals surface area contributed by atoms with Gasteiger partial charge in [0.2, 0.25) is 0 Å². The van der Waals surface area contributed by atoms with Crippen molar-refractivity contribution in [2.45, 2.75) is 18.6 Å². The first-order valence-electron chi connectivity index (χ1n) is 5.78. The Balaban J connectivity index is 0.00000180. The number of nitrogens with one attached hydrogen (secondary N) is 1. The van der Waals surface area contributed by atoms with Crippen molar-refractivity contribution < 1.29 is 19.1 Å². The minimum atomic E-state index is -0.386. The fraction of sp³-hybridized carbons (Fsp3) is 0.385. The van der Waals surface area contributed by atoms with E-state index in [4.69, 9.17) is 4.74 Å². The van der Waals surface area contributed by atoms with E-state index in [1.807, 2.05) is 6.07 Å². The summed E-state index contributed by atoms with van der Waals surface area (Å²) in [5.74, 6) is -0.693. The Labute approximate surface area is 117 Å². The number of benzene rings is 1. The van der Waals surface area contributed by atoms with Crippen molar-refractivity contribution in [2.24, 2.45) is 0 Å². The second-order valence-electron chi connectivity index (χ2n) is 4.11. The quantitative estimate of drug-likeness (QED) is 0.845. The Kier molecular flexibility index (Phi) is 5.79. The van der Waals surface area contributed by atoms with Crippen LogP contribution >= 0.6 is 12.4 Å². The molecule has 1 aliphatic heterocycles. The van der Waals surface area contributed by atoms with Gasteiger partial charge >= 0.3 is 11.9 Å². The van der Waals surface area contributed by atoms with Crippen LogP contribution in [0.25, 0.3) is 0 Å². The Morgan fingerprint density at radius 3 is 2.58 bits per heavy atom. The number of esters is 2.